The Morgan fingerprint density at radius 3 is 2.20 bits per heavy atom. The SMILES string of the molecule is Cc1ccc(NC(=O)Nc2cnc(-n3cnc(C)c3C)nc2)cc1C. The van der Waals surface area contributed by atoms with Crippen molar-refractivity contribution in [3.63, 3.8) is 0 Å². The van der Waals surface area contributed by atoms with E-state index in [2.05, 4.69) is 25.6 Å². The number of hydrogen-bond acceptors (Lipinski definition) is 4. The van der Waals surface area contributed by atoms with Crippen LogP contribution in [-0.2, 0) is 0 Å². The minimum atomic E-state index is -0.339. The van der Waals surface area contributed by atoms with Gasteiger partial charge in [0.15, 0.2) is 0 Å². The van der Waals surface area contributed by atoms with Crippen molar-refractivity contribution in [1.29, 1.82) is 0 Å². The highest BCUT2D eigenvalue weighted by molar-refractivity contribution is 5.99. The zero-order valence-corrected chi connectivity index (χ0v) is 14.7. The summed E-state index contributed by atoms with van der Waals surface area (Å²) in [5, 5.41) is 5.52. The maximum atomic E-state index is 12.1. The third-order valence-corrected chi connectivity index (χ3v) is 4.13. The zero-order valence-electron chi connectivity index (χ0n) is 14.7. The van der Waals surface area contributed by atoms with E-state index in [1.165, 1.54) is 5.56 Å². The number of hydrogen-bond donors (Lipinski definition) is 2. The second-order valence-corrected chi connectivity index (χ2v) is 5.94. The second-order valence-electron chi connectivity index (χ2n) is 5.94. The maximum Gasteiger partial charge on any atom is 0.323 e. The molecule has 0 bridgehead atoms. The summed E-state index contributed by atoms with van der Waals surface area (Å²) >= 11 is 0. The maximum absolute atomic E-state index is 12.1. The van der Waals surface area contributed by atoms with Crippen LogP contribution in [0, 0.1) is 27.7 Å². The largest absolute Gasteiger partial charge is 0.323 e. The third kappa shape index (κ3) is 3.65. The van der Waals surface area contributed by atoms with Gasteiger partial charge in [0.1, 0.15) is 6.33 Å². The molecule has 0 aliphatic heterocycles. The van der Waals surface area contributed by atoms with Gasteiger partial charge in [-0.1, -0.05) is 6.07 Å². The first-order valence-electron chi connectivity index (χ1n) is 7.92. The summed E-state index contributed by atoms with van der Waals surface area (Å²) in [6.07, 6.45) is 4.81. The summed E-state index contributed by atoms with van der Waals surface area (Å²) < 4.78 is 1.80. The van der Waals surface area contributed by atoms with E-state index in [1.807, 2.05) is 45.9 Å². The van der Waals surface area contributed by atoms with Gasteiger partial charge in [-0.2, -0.15) is 0 Å². The van der Waals surface area contributed by atoms with E-state index in [0.29, 0.717) is 11.6 Å². The number of benzene rings is 1. The van der Waals surface area contributed by atoms with Crippen LogP contribution >= 0.6 is 0 Å². The molecule has 0 radical (unpaired) electrons. The Kier molecular flexibility index (Phi) is 4.47. The summed E-state index contributed by atoms with van der Waals surface area (Å²) in [4.78, 5) is 24.9. The molecule has 0 unspecified atom stereocenters. The Hall–Kier alpha value is -3.22. The van der Waals surface area contributed by atoms with Gasteiger partial charge in [0.25, 0.3) is 0 Å². The van der Waals surface area contributed by atoms with E-state index in [-0.39, 0.29) is 6.03 Å². The summed E-state index contributed by atoms with van der Waals surface area (Å²) in [6.45, 7) is 7.92. The number of amides is 2. The van der Waals surface area contributed by atoms with Gasteiger partial charge in [-0.3, -0.25) is 4.57 Å². The highest BCUT2D eigenvalue weighted by Gasteiger charge is 2.08. The molecule has 2 aromatic heterocycles. The van der Waals surface area contributed by atoms with Crippen LogP contribution in [0.5, 0.6) is 0 Å². The molecule has 2 amide bonds. The van der Waals surface area contributed by atoms with Crippen LogP contribution in [0.4, 0.5) is 16.2 Å². The van der Waals surface area contributed by atoms with Crippen LogP contribution in [-0.4, -0.2) is 25.6 Å². The molecule has 0 atom stereocenters. The molecule has 3 aromatic rings. The monoisotopic (exact) mass is 336 g/mol. The van der Waals surface area contributed by atoms with Gasteiger partial charge in [-0.05, 0) is 51.0 Å². The van der Waals surface area contributed by atoms with Crippen molar-refractivity contribution in [3.8, 4) is 5.95 Å². The highest BCUT2D eigenvalue weighted by atomic mass is 16.2. The van der Waals surface area contributed by atoms with Crippen molar-refractivity contribution in [2.75, 3.05) is 10.6 Å². The van der Waals surface area contributed by atoms with Gasteiger partial charge in [-0.25, -0.2) is 19.7 Å². The molecular formula is C18H20N6O. The van der Waals surface area contributed by atoms with E-state index in [9.17, 15) is 4.79 Å². The minimum absolute atomic E-state index is 0.339. The fourth-order valence-electron chi connectivity index (χ4n) is 2.32. The van der Waals surface area contributed by atoms with Crippen molar-refractivity contribution in [1.82, 2.24) is 19.5 Å². The second kappa shape index (κ2) is 6.72. The summed E-state index contributed by atoms with van der Waals surface area (Å²) in [5.41, 5.74) is 5.46. The quantitative estimate of drug-likeness (QED) is 0.766. The van der Waals surface area contributed by atoms with Gasteiger partial charge in [0, 0.05) is 11.4 Å². The van der Waals surface area contributed by atoms with Gasteiger partial charge in [0.05, 0.1) is 23.8 Å². The Morgan fingerprint density at radius 2 is 1.60 bits per heavy atom. The van der Waals surface area contributed by atoms with Crippen molar-refractivity contribution in [2.45, 2.75) is 27.7 Å². The number of carbonyl (C=O) groups excluding carboxylic acids is 1. The van der Waals surface area contributed by atoms with Gasteiger partial charge >= 0.3 is 6.03 Å². The third-order valence-electron chi connectivity index (χ3n) is 4.13. The van der Waals surface area contributed by atoms with E-state index in [1.54, 1.807) is 23.3 Å². The lowest BCUT2D eigenvalue weighted by Gasteiger charge is -2.09. The smallest absolute Gasteiger partial charge is 0.308 e. The average Bonchev–Trinajstić information content (AvgIpc) is 2.91. The fraction of sp³-hybridized carbons (Fsp3) is 0.222. The molecule has 128 valence electrons. The Balaban J connectivity index is 1.67. The van der Waals surface area contributed by atoms with Crippen molar-refractivity contribution >= 4 is 17.4 Å². The number of rotatable bonds is 3. The van der Waals surface area contributed by atoms with E-state index in [4.69, 9.17) is 0 Å². The predicted octanol–water partition coefficient (Wildman–Crippen LogP) is 3.54. The molecule has 1 aromatic carbocycles. The highest BCUT2D eigenvalue weighted by Crippen LogP contribution is 2.15. The predicted molar refractivity (Wildman–Crippen MR) is 97.2 cm³/mol. The topological polar surface area (TPSA) is 84.7 Å². The minimum Gasteiger partial charge on any atom is -0.308 e. The molecule has 0 aliphatic rings. The number of aryl methyl sites for hydroxylation is 3. The van der Waals surface area contributed by atoms with E-state index >= 15 is 0 Å². The molecule has 0 saturated carbocycles. The molecule has 7 heteroatoms. The van der Waals surface area contributed by atoms with Gasteiger partial charge < -0.3 is 10.6 Å². The van der Waals surface area contributed by atoms with E-state index in [0.717, 1.165) is 22.6 Å². The van der Waals surface area contributed by atoms with Crippen molar-refractivity contribution in [2.24, 2.45) is 0 Å². The summed E-state index contributed by atoms with van der Waals surface area (Å²) in [6, 6.07) is 5.43. The normalized spacial score (nSPS) is 10.6. The molecular weight excluding hydrogens is 316 g/mol. The number of nitrogens with zero attached hydrogens (tertiary/aromatic N) is 4. The average molecular weight is 336 g/mol. The molecule has 2 heterocycles. The number of urea groups is 1. The first-order chi connectivity index (χ1) is 11.9. The first kappa shape index (κ1) is 16.6. The number of anilines is 2. The lowest BCUT2D eigenvalue weighted by molar-refractivity contribution is 0.262. The molecule has 2 N–H and O–H groups in total. The Morgan fingerprint density at radius 1 is 0.920 bits per heavy atom. The number of carbonyl (C=O) groups is 1. The lowest BCUT2D eigenvalue weighted by Crippen LogP contribution is -2.20. The molecule has 0 fully saturated rings. The molecule has 0 saturated heterocycles. The van der Waals surface area contributed by atoms with Crippen LogP contribution in [0.1, 0.15) is 22.5 Å². The molecule has 25 heavy (non-hydrogen) atoms. The van der Waals surface area contributed by atoms with Gasteiger partial charge in [-0.15, -0.1) is 0 Å². The number of nitrogens with one attached hydrogen (secondary N) is 2. The van der Waals surface area contributed by atoms with Crippen LogP contribution in [0.15, 0.2) is 36.9 Å². The van der Waals surface area contributed by atoms with Crippen LogP contribution in [0.2, 0.25) is 0 Å². The van der Waals surface area contributed by atoms with Crippen molar-refractivity contribution in [3.05, 3.63) is 59.4 Å². The number of imidazole rings is 1. The van der Waals surface area contributed by atoms with Crippen LogP contribution < -0.4 is 10.6 Å². The van der Waals surface area contributed by atoms with Crippen LogP contribution in [0.3, 0.4) is 0 Å². The molecule has 7 nitrogen and oxygen atoms in total. The number of aromatic nitrogens is 4. The Bertz CT molecular complexity index is 914. The zero-order chi connectivity index (χ0) is 18.0. The van der Waals surface area contributed by atoms with Crippen LogP contribution in [0.25, 0.3) is 5.95 Å². The van der Waals surface area contributed by atoms with Gasteiger partial charge in [0.2, 0.25) is 5.95 Å². The fourth-order valence-corrected chi connectivity index (χ4v) is 2.32. The summed E-state index contributed by atoms with van der Waals surface area (Å²) in [7, 11) is 0. The molecule has 0 spiro atoms. The standard InChI is InChI=1S/C18H20N6O/c1-11-5-6-15(7-12(11)2)22-18(25)23-16-8-19-17(20-9-16)24-10-21-13(3)14(24)4/h5-10H,1-4H3,(H2,22,23,25). The first-order valence-corrected chi connectivity index (χ1v) is 7.92. The molecule has 3 rings (SSSR count). The van der Waals surface area contributed by atoms with E-state index < -0.39 is 0 Å². The summed E-state index contributed by atoms with van der Waals surface area (Å²) in [5.74, 6) is 0.512. The Labute approximate surface area is 146 Å². The molecule has 0 aliphatic carbocycles. The van der Waals surface area contributed by atoms with Crippen molar-refractivity contribution < 1.29 is 4.79 Å². The lowest BCUT2D eigenvalue weighted by atomic mass is 10.1.